The zero-order valence-electron chi connectivity index (χ0n) is 11.1. The molecule has 1 aromatic carbocycles. The third-order valence-electron chi connectivity index (χ3n) is 3.45. The van der Waals surface area contributed by atoms with E-state index in [1.807, 2.05) is 6.07 Å². The van der Waals surface area contributed by atoms with Gasteiger partial charge < -0.3 is 0 Å². The standard InChI is InChI=1S/C16H17NOS/c1-11(18)16-15(13-8-9-13)17-14(19-16)10-7-12-5-3-2-4-6-12/h2-6,13H,7-10H2,1H3. The van der Waals surface area contributed by atoms with Crippen molar-refractivity contribution in [2.75, 3.05) is 0 Å². The minimum Gasteiger partial charge on any atom is -0.294 e. The van der Waals surface area contributed by atoms with E-state index in [-0.39, 0.29) is 5.78 Å². The minimum absolute atomic E-state index is 0.172. The number of nitrogens with zero attached hydrogens (tertiary/aromatic N) is 1. The van der Waals surface area contributed by atoms with Gasteiger partial charge in [0.25, 0.3) is 0 Å². The van der Waals surface area contributed by atoms with Crippen LogP contribution >= 0.6 is 11.3 Å². The summed E-state index contributed by atoms with van der Waals surface area (Å²) in [5.74, 6) is 0.728. The molecule has 2 aromatic rings. The van der Waals surface area contributed by atoms with Crippen molar-refractivity contribution in [3.05, 3.63) is 51.5 Å². The Morgan fingerprint density at radius 2 is 2.00 bits per heavy atom. The van der Waals surface area contributed by atoms with E-state index in [0.29, 0.717) is 5.92 Å². The molecule has 1 heterocycles. The number of aryl methyl sites for hydroxylation is 2. The molecule has 1 aliphatic carbocycles. The molecule has 1 saturated carbocycles. The van der Waals surface area contributed by atoms with E-state index in [1.165, 1.54) is 18.4 Å². The molecular weight excluding hydrogens is 254 g/mol. The second-order valence-corrected chi connectivity index (χ2v) is 6.22. The fourth-order valence-electron chi connectivity index (χ4n) is 2.27. The summed E-state index contributed by atoms with van der Waals surface area (Å²) in [6, 6.07) is 10.4. The molecule has 0 amide bonds. The lowest BCUT2D eigenvalue weighted by molar-refractivity contribution is 0.102. The molecule has 3 heteroatoms. The van der Waals surface area contributed by atoms with Crippen molar-refractivity contribution in [3.8, 4) is 0 Å². The molecule has 0 saturated heterocycles. The van der Waals surface area contributed by atoms with Gasteiger partial charge >= 0.3 is 0 Å². The molecule has 0 aliphatic heterocycles. The highest BCUT2D eigenvalue weighted by atomic mass is 32.1. The highest BCUT2D eigenvalue weighted by Gasteiger charge is 2.30. The number of carbonyl (C=O) groups excluding carboxylic acids is 1. The molecule has 0 spiro atoms. The number of thiazole rings is 1. The van der Waals surface area contributed by atoms with E-state index in [9.17, 15) is 4.79 Å². The molecule has 3 rings (SSSR count). The average Bonchev–Trinajstić information content (AvgIpc) is 3.17. The number of hydrogen-bond donors (Lipinski definition) is 0. The number of hydrogen-bond acceptors (Lipinski definition) is 3. The van der Waals surface area contributed by atoms with Crippen LogP contribution in [-0.2, 0) is 12.8 Å². The van der Waals surface area contributed by atoms with Gasteiger partial charge in [-0.15, -0.1) is 11.3 Å². The van der Waals surface area contributed by atoms with Gasteiger partial charge in [-0.3, -0.25) is 4.79 Å². The van der Waals surface area contributed by atoms with Crippen LogP contribution in [0.1, 0.15) is 51.6 Å². The second-order valence-electron chi connectivity index (χ2n) is 5.14. The first kappa shape index (κ1) is 12.5. The smallest absolute Gasteiger partial charge is 0.171 e. The van der Waals surface area contributed by atoms with Gasteiger partial charge in [0, 0.05) is 19.3 Å². The molecule has 0 bridgehead atoms. The molecule has 0 radical (unpaired) electrons. The molecule has 98 valence electrons. The van der Waals surface area contributed by atoms with Crippen molar-refractivity contribution >= 4 is 17.1 Å². The highest BCUT2D eigenvalue weighted by Crippen LogP contribution is 2.42. The first-order valence-electron chi connectivity index (χ1n) is 6.78. The van der Waals surface area contributed by atoms with Crippen LogP contribution < -0.4 is 0 Å². The maximum absolute atomic E-state index is 11.7. The summed E-state index contributed by atoms with van der Waals surface area (Å²) < 4.78 is 0. The van der Waals surface area contributed by atoms with Crippen molar-refractivity contribution in [1.82, 2.24) is 4.98 Å². The Morgan fingerprint density at radius 1 is 1.26 bits per heavy atom. The lowest BCUT2D eigenvalue weighted by Crippen LogP contribution is -1.94. The predicted molar refractivity (Wildman–Crippen MR) is 77.9 cm³/mol. The van der Waals surface area contributed by atoms with Crippen LogP contribution in [0.3, 0.4) is 0 Å². The zero-order chi connectivity index (χ0) is 13.2. The van der Waals surface area contributed by atoms with Gasteiger partial charge in [-0.25, -0.2) is 4.98 Å². The van der Waals surface area contributed by atoms with Gasteiger partial charge in [-0.05, 0) is 24.8 Å². The number of aromatic nitrogens is 1. The van der Waals surface area contributed by atoms with E-state index >= 15 is 0 Å². The van der Waals surface area contributed by atoms with Gasteiger partial charge in [-0.2, -0.15) is 0 Å². The van der Waals surface area contributed by atoms with Crippen LogP contribution in [-0.4, -0.2) is 10.8 Å². The second kappa shape index (κ2) is 5.25. The Kier molecular flexibility index (Phi) is 3.47. The third kappa shape index (κ3) is 2.92. The van der Waals surface area contributed by atoms with Crippen LogP contribution in [0.25, 0.3) is 0 Å². The van der Waals surface area contributed by atoms with E-state index < -0.39 is 0 Å². The third-order valence-corrected chi connectivity index (χ3v) is 4.68. The lowest BCUT2D eigenvalue weighted by atomic mass is 10.1. The van der Waals surface area contributed by atoms with Crippen molar-refractivity contribution in [3.63, 3.8) is 0 Å². The van der Waals surface area contributed by atoms with Gasteiger partial charge in [0.2, 0.25) is 0 Å². The lowest BCUT2D eigenvalue weighted by Gasteiger charge is -1.97. The summed E-state index contributed by atoms with van der Waals surface area (Å²) in [5.41, 5.74) is 2.40. The van der Waals surface area contributed by atoms with Crippen molar-refractivity contribution in [1.29, 1.82) is 0 Å². The quantitative estimate of drug-likeness (QED) is 0.769. The highest BCUT2D eigenvalue weighted by molar-refractivity contribution is 7.13. The van der Waals surface area contributed by atoms with Gasteiger partial charge in [0.1, 0.15) is 0 Å². The number of carbonyl (C=O) groups is 1. The molecule has 0 N–H and O–H groups in total. The fourth-order valence-corrected chi connectivity index (χ4v) is 3.31. The van der Waals surface area contributed by atoms with E-state index in [4.69, 9.17) is 4.98 Å². The topological polar surface area (TPSA) is 30.0 Å². The largest absolute Gasteiger partial charge is 0.294 e. The van der Waals surface area contributed by atoms with Crippen LogP contribution in [0.4, 0.5) is 0 Å². The predicted octanol–water partition coefficient (Wildman–Crippen LogP) is 4.01. The Balaban J connectivity index is 1.74. The van der Waals surface area contributed by atoms with E-state index in [2.05, 4.69) is 24.3 Å². The van der Waals surface area contributed by atoms with Gasteiger partial charge in [-0.1, -0.05) is 30.3 Å². The molecule has 0 atom stereocenters. The summed E-state index contributed by atoms with van der Waals surface area (Å²) >= 11 is 1.59. The van der Waals surface area contributed by atoms with E-state index in [0.717, 1.165) is 28.4 Å². The normalized spacial score (nSPS) is 14.6. The summed E-state index contributed by atoms with van der Waals surface area (Å²) in [6.07, 6.45) is 4.32. The van der Waals surface area contributed by atoms with Crippen LogP contribution in [0, 0.1) is 0 Å². The van der Waals surface area contributed by atoms with E-state index in [1.54, 1.807) is 18.3 Å². The molecular formula is C16H17NOS. The monoisotopic (exact) mass is 271 g/mol. The van der Waals surface area contributed by atoms with Crippen molar-refractivity contribution < 1.29 is 4.79 Å². The Labute approximate surface area is 117 Å². The van der Waals surface area contributed by atoms with Crippen molar-refractivity contribution in [2.45, 2.75) is 38.5 Å². The zero-order valence-corrected chi connectivity index (χ0v) is 11.9. The first-order chi connectivity index (χ1) is 9.24. The number of Topliss-reactive ketones (excluding diaryl/α,β-unsaturated/α-hetero) is 1. The average molecular weight is 271 g/mol. The molecule has 1 aliphatic rings. The Morgan fingerprint density at radius 3 is 2.63 bits per heavy atom. The van der Waals surface area contributed by atoms with Gasteiger partial charge in [0.05, 0.1) is 15.6 Å². The fraction of sp³-hybridized carbons (Fsp3) is 0.375. The summed E-state index contributed by atoms with van der Waals surface area (Å²) in [7, 11) is 0. The summed E-state index contributed by atoms with van der Waals surface area (Å²) in [5, 5.41) is 1.11. The number of ketones is 1. The molecule has 19 heavy (non-hydrogen) atoms. The Bertz CT molecular complexity index is 584. The first-order valence-corrected chi connectivity index (χ1v) is 7.60. The van der Waals surface area contributed by atoms with Crippen LogP contribution in [0.15, 0.2) is 30.3 Å². The molecule has 0 unspecified atom stereocenters. The van der Waals surface area contributed by atoms with Crippen molar-refractivity contribution in [2.24, 2.45) is 0 Å². The molecule has 2 nitrogen and oxygen atoms in total. The minimum atomic E-state index is 0.172. The SMILES string of the molecule is CC(=O)c1sc(CCc2ccccc2)nc1C1CC1. The maximum Gasteiger partial charge on any atom is 0.171 e. The Hall–Kier alpha value is -1.48. The summed E-state index contributed by atoms with van der Waals surface area (Å²) in [4.78, 5) is 17.3. The molecule has 1 fully saturated rings. The number of rotatable bonds is 5. The summed E-state index contributed by atoms with van der Waals surface area (Å²) in [6.45, 7) is 1.65. The van der Waals surface area contributed by atoms with Crippen LogP contribution in [0.5, 0.6) is 0 Å². The van der Waals surface area contributed by atoms with Crippen LogP contribution in [0.2, 0.25) is 0 Å². The molecule has 1 aromatic heterocycles. The van der Waals surface area contributed by atoms with Gasteiger partial charge in [0.15, 0.2) is 5.78 Å². The maximum atomic E-state index is 11.7. The number of benzene rings is 1.